The van der Waals surface area contributed by atoms with E-state index in [4.69, 9.17) is 5.73 Å². The molecule has 0 bridgehead atoms. The van der Waals surface area contributed by atoms with Crippen molar-refractivity contribution in [1.82, 2.24) is 14.9 Å². The molecule has 3 aromatic rings. The Balaban J connectivity index is 1.42. The molecule has 1 aromatic heterocycles. The lowest BCUT2D eigenvalue weighted by molar-refractivity contribution is -0.113. The summed E-state index contributed by atoms with van der Waals surface area (Å²) in [6.07, 6.45) is 4.73. The van der Waals surface area contributed by atoms with Gasteiger partial charge in [0.25, 0.3) is 5.91 Å². The summed E-state index contributed by atoms with van der Waals surface area (Å²) in [5.74, 6) is 0.318. The van der Waals surface area contributed by atoms with Gasteiger partial charge in [-0.25, -0.2) is 9.97 Å². The summed E-state index contributed by atoms with van der Waals surface area (Å²) in [6, 6.07) is 15.0. The van der Waals surface area contributed by atoms with E-state index in [1.807, 2.05) is 29.2 Å². The summed E-state index contributed by atoms with van der Waals surface area (Å²) >= 11 is 0. The first-order valence-electron chi connectivity index (χ1n) is 9.85. The Labute approximate surface area is 174 Å². The fourth-order valence-corrected chi connectivity index (χ4v) is 3.63. The van der Waals surface area contributed by atoms with Crippen molar-refractivity contribution in [1.29, 1.82) is 0 Å². The number of hydrogen-bond donors (Lipinski definition) is 2. The van der Waals surface area contributed by atoms with E-state index in [1.54, 1.807) is 36.5 Å². The van der Waals surface area contributed by atoms with Crippen LogP contribution in [-0.4, -0.2) is 45.8 Å². The number of nitrogens with one attached hydrogen (secondary N) is 1. The number of amides is 2. The zero-order valence-corrected chi connectivity index (χ0v) is 16.7. The Hall–Kier alpha value is -3.74. The van der Waals surface area contributed by atoms with Gasteiger partial charge in [-0.05, 0) is 35.8 Å². The van der Waals surface area contributed by atoms with E-state index in [2.05, 4.69) is 22.2 Å². The summed E-state index contributed by atoms with van der Waals surface area (Å²) in [5, 5.41) is 4.38. The Morgan fingerprint density at radius 3 is 2.67 bits per heavy atom. The molecule has 1 aliphatic rings. The molecule has 2 amide bonds. The van der Waals surface area contributed by atoms with Crippen molar-refractivity contribution in [2.75, 3.05) is 18.4 Å². The summed E-state index contributed by atoms with van der Waals surface area (Å²) in [5.41, 5.74) is 7.42. The second-order valence-electron chi connectivity index (χ2n) is 7.55. The van der Waals surface area contributed by atoms with Crippen molar-refractivity contribution >= 4 is 34.7 Å². The first-order valence-corrected chi connectivity index (χ1v) is 9.85. The molecule has 1 aliphatic heterocycles. The lowest BCUT2D eigenvalue weighted by Gasteiger charge is -2.17. The van der Waals surface area contributed by atoms with Gasteiger partial charge in [-0.2, -0.15) is 0 Å². The molecular weight excluding hydrogens is 378 g/mol. The molecule has 2 heterocycles. The zero-order chi connectivity index (χ0) is 21.1. The molecule has 7 heteroatoms. The molecule has 0 saturated carbocycles. The number of rotatable bonds is 5. The smallest absolute Gasteiger partial charge is 0.253 e. The van der Waals surface area contributed by atoms with E-state index < -0.39 is 5.91 Å². The topological polar surface area (TPSA) is 101 Å². The van der Waals surface area contributed by atoms with Gasteiger partial charge in [0.2, 0.25) is 11.9 Å². The normalized spacial score (nSPS) is 18.8. The molecular formula is C23H23N5O2. The highest BCUT2D eigenvalue weighted by molar-refractivity contribution is 5.95. The summed E-state index contributed by atoms with van der Waals surface area (Å²) in [4.78, 5) is 34.6. The van der Waals surface area contributed by atoms with Crippen molar-refractivity contribution in [3.8, 4) is 0 Å². The van der Waals surface area contributed by atoms with Gasteiger partial charge in [-0.1, -0.05) is 37.3 Å². The first kappa shape index (κ1) is 19.6. The van der Waals surface area contributed by atoms with Gasteiger partial charge in [0, 0.05) is 36.3 Å². The Morgan fingerprint density at radius 1 is 1.13 bits per heavy atom. The number of anilines is 1. The van der Waals surface area contributed by atoms with E-state index in [9.17, 15) is 9.59 Å². The maximum atomic E-state index is 12.9. The molecule has 3 N–H and O–H groups in total. The lowest BCUT2D eigenvalue weighted by atomic mass is 10.1. The van der Waals surface area contributed by atoms with Gasteiger partial charge in [0.1, 0.15) is 0 Å². The number of nitrogens with two attached hydrogens (primary N) is 1. The van der Waals surface area contributed by atoms with Crippen molar-refractivity contribution in [3.63, 3.8) is 0 Å². The number of nitrogens with zero attached hydrogens (tertiary/aromatic N) is 3. The van der Waals surface area contributed by atoms with Crippen LogP contribution in [0.3, 0.4) is 0 Å². The number of benzene rings is 2. The number of primary amides is 1. The van der Waals surface area contributed by atoms with Crippen LogP contribution in [0.5, 0.6) is 0 Å². The third kappa shape index (κ3) is 4.30. The van der Waals surface area contributed by atoms with Gasteiger partial charge in [0.05, 0.1) is 11.6 Å². The Bertz CT molecular complexity index is 1110. The van der Waals surface area contributed by atoms with E-state index in [0.29, 0.717) is 24.6 Å². The molecule has 0 aliphatic carbocycles. The predicted octanol–water partition coefficient (Wildman–Crippen LogP) is 2.70. The van der Waals surface area contributed by atoms with Crippen LogP contribution >= 0.6 is 0 Å². The largest absolute Gasteiger partial charge is 0.366 e. The van der Waals surface area contributed by atoms with Crippen LogP contribution in [0.1, 0.15) is 22.8 Å². The number of carbonyl (C=O) groups is 2. The van der Waals surface area contributed by atoms with Crippen molar-refractivity contribution in [3.05, 3.63) is 71.9 Å². The van der Waals surface area contributed by atoms with Crippen LogP contribution in [0.25, 0.3) is 17.0 Å². The summed E-state index contributed by atoms with van der Waals surface area (Å²) in [7, 11) is 0. The minimum atomic E-state index is -0.504. The van der Waals surface area contributed by atoms with E-state index in [0.717, 1.165) is 16.5 Å². The molecule has 1 saturated heterocycles. The second-order valence-corrected chi connectivity index (χ2v) is 7.55. The third-order valence-corrected chi connectivity index (χ3v) is 5.30. The minimum Gasteiger partial charge on any atom is -0.366 e. The van der Waals surface area contributed by atoms with Crippen molar-refractivity contribution in [2.24, 2.45) is 11.7 Å². The third-order valence-electron chi connectivity index (χ3n) is 5.30. The standard InChI is InChI=1S/C23H23N5O2/c1-15-13-28(22(30)17-9-6-16(7-10-17)8-11-21(24)29)14-20(15)27-23-25-12-18-4-2-3-5-19(18)26-23/h2-12,15,20H,13-14H2,1H3,(H2,24,29)(H,25,26,27)/t15-,20-/m0/s1. The van der Waals surface area contributed by atoms with Gasteiger partial charge < -0.3 is 16.0 Å². The maximum Gasteiger partial charge on any atom is 0.253 e. The van der Waals surface area contributed by atoms with Crippen LogP contribution in [0, 0.1) is 5.92 Å². The summed E-state index contributed by atoms with van der Waals surface area (Å²) in [6.45, 7) is 3.36. The molecule has 0 spiro atoms. The van der Waals surface area contributed by atoms with Gasteiger partial charge in [0.15, 0.2) is 0 Å². The van der Waals surface area contributed by atoms with Crippen molar-refractivity contribution < 1.29 is 9.59 Å². The van der Waals surface area contributed by atoms with Crippen LogP contribution in [0.2, 0.25) is 0 Å². The lowest BCUT2D eigenvalue weighted by Crippen LogP contribution is -2.32. The zero-order valence-electron chi connectivity index (χ0n) is 16.7. The molecule has 152 valence electrons. The fourth-order valence-electron chi connectivity index (χ4n) is 3.63. The SMILES string of the molecule is C[C@H]1CN(C(=O)c2ccc(C=CC(N)=O)cc2)C[C@@H]1Nc1ncc2ccccc2n1. The molecule has 1 fully saturated rings. The number of likely N-dealkylation sites (tertiary alicyclic amines) is 1. The number of hydrogen-bond acceptors (Lipinski definition) is 5. The second kappa shape index (κ2) is 8.32. The van der Waals surface area contributed by atoms with E-state index >= 15 is 0 Å². The first-order chi connectivity index (χ1) is 14.5. The summed E-state index contributed by atoms with van der Waals surface area (Å²) < 4.78 is 0. The quantitative estimate of drug-likeness (QED) is 0.640. The van der Waals surface area contributed by atoms with Crippen LogP contribution in [-0.2, 0) is 4.79 Å². The molecule has 0 unspecified atom stereocenters. The van der Waals surface area contributed by atoms with E-state index in [1.165, 1.54) is 6.08 Å². The monoisotopic (exact) mass is 401 g/mol. The highest BCUT2D eigenvalue weighted by Gasteiger charge is 2.33. The Morgan fingerprint density at radius 2 is 1.90 bits per heavy atom. The highest BCUT2D eigenvalue weighted by Crippen LogP contribution is 2.22. The van der Waals surface area contributed by atoms with Gasteiger partial charge in [-0.15, -0.1) is 0 Å². The van der Waals surface area contributed by atoms with E-state index in [-0.39, 0.29) is 17.9 Å². The minimum absolute atomic E-state index is 0.0176. The van der Waals surface area contributed by atoms with Crippen LogP contribution in [0.15, 0.2) is 60.8 Å². The molecule has 2 aromatic carbocycles. The maximum absolute atomic E-state index is 12.9. The van der Waals surface area contributed by atoms with Crippen LogP contribution < -0.4 is 11.1 Å². The molecule has 30 heavy (non-hydrogen) atoms. The number of aromatic nitrogens is 2. The average molecular weight is 401 g/mol. The predicted molar refractivity (Wildman–Crippen MR) is 117 cm³/mol. The molecule has 4 rings (SSSR count). The van der Waals surface area contributed by atoms with Crippen LogP contribution in [0.4, 0.5) is 5.95 Å². The molecule has 0 radical (unpaired) electrons. The average Bonchev–Trinajstić information content (AvgIpc) is 3.12. The Kier molecular flexibility index (Phi) is 5.43. The fraction of sp³-hybridized carbons (Fsp3) is 0.217. The number of para-hydroxylation sites is 1. The highest BCUT2D eigenvalue weighted by atomic mass is 16.2. The number of carbonyl (C=O) groups excluding carboxylic acids is 2. The van der Waals surface area contributed by atoms with Crippen molar-refractivity contribution in [2.45, 2.75) is 13.0 Å². The van der Waals surface area contributed by atoms with Gasteiger partial charge >= 0.3 is 0 Å². The number of fused-ring (bicyclic) bond motifs is 1. The molecule has 7 nitrogen and oxygen atoms in total. The van der Waals surface area contributed by atoms with Gasteiger partial charge in [-0.3, -0.25) is 9.59 Å². The molecule has 2 atom stereocenters.